The molecule has 2 aromatic heterocycles. The fourth-order valence-corrected chi connectivity index (χ4v) is 1.95. The van der Waals surface area contributed by atoms with Gasteiger partial charge in [0.2, 0.25) is 17.1 Å². The van der Waals surface area contributed by atoms with Crippen molar-refractivity contribution < 1.29 is 9.52 Å². The number of fused-ring (bicyclic) bond motifs is 1. The normalized spacial score (nSPS) is 10.8. The zero-order chi connectivity index (χ0) is 14.3. The standard InChI is InChI=1S/C13H10N4O3/c14-11-9-10(19)8(6-2-1-3-7(18)4-6)5-20-12(9)17-13(15)16-11/h1-5,18H,(H4,14,15,16,17). The minimum atomic E-state index is -0.380. The maximum Gasteiger partial charge on any atom is 0.236 e. The summed E-state index contributed by atoms with van der Waals surface area (Å²) in [6, 6.07) is 6.25. The predicted molar refractivity (Wildman–Crippen MR) is 74.0 cm³/mol. The number of rotatable bonds is 1. The summed E-state index contributed by atoms with van der Waals surface area (Å²) in [5.41, 5.74) is 11.6. The molecular formula is C13H10N4O3. The van der Waals surface area contributed by atoms with E-state index in [-0.39, 0.29) is 39.6 Å². The Bertz CT molecular complexity index is 873. The van der Waals surface area contributed by atoms with Crippen LogP contribution in [0.15, 0.2) is 39.7 Å². The van der Waals surface area contributed by atoms with Gasteiger partial charge in [-0.15, -0.1) is 0 Å². The van der Waals surface area contributed by atoms with E-state index in [1.807, 2.05) is 0 Å². The molecule has 0 saturated carbocycles. The summed E-state index contributed by atoms with van der Waals surface area (Å²) in [6.45, 7) is 0. The number of nitrogens with zero attached hydrogens (tertiary/aromatic N) is 2. The minimum Gasteiger partial charge on any atom is -0.508 e. The lowest BCUT2D eigenvalue weighted by molar-refractivity contribution is 0.475. The Morgan fingerprint density at radius 2 is 2.00 bits per heavy atom. The van der Waals surface area contributed by atoms with Gasteiger partial charge in [0.1, 0.15) is 23.2 Å². The Labute approximate surface area is 112 Å². The van der Waals surface area contributed by atoms with Crippen LogP contribution in [0.4, 0.5) is 11.8 Å². The van der Waals surface area contributed by atoms with E-state index < -0.39 is 0 Å². The lowest BCUT2D eigenvalue weighted by atomic mass is 10.1. The van der Waals surface area contributed by atoms with Crippen molar-refractivity contribution >= 4 is 22.9 Å². The molecule has 3 rings (SSSR count). The third-order valence-corrected chi connectivity index (χ3v) is 2.84. The van der Waals surface area contributed by atoms with Crippen LogP contribution >= 0.6 is 0 Å². The molecule has 7 heteroatoms. The Hall–Kier alpha value is -3.09. The zero-order valence-corrected chi connectivity index (χ0v) is 10.2. The van der Waals surface area contributed by atoms with Crippen molar-refractivity contribution in [2.45, 2.75) is 0 Å². The van der Waals surface area contributed by atoms with E-state index in [0.29, 0.717) is 5.56 Å². The molecule has 5 N–H and O–H groups in total. The minimum absolute atomic E-state index is 0.0314. The molecule has 0 amide bonds. The van der Waals surface area contributed by atoms with E-state index in [0.717, 1.165) is 0 Å². The number of nitrogen functional groups attached to an aromatic ring is 2. The molecule has 0 aliphatic rings. The molecule has 0 bridgehead atoms. The topological polar surface area (TPSA) is 128 Å². The zero-order valence-electron chi connectivity index (χ0n) is 10.2. The number of anilines is 2. The number of phenolic OH excluding ortho intramolecular Hbond substituents is 1. The molecule has 2 heterocycles. The second-order valence-corrected chi connectivity index (χ2v) is 4.18. The number of phenols is 1. The van der Waals surface area contributed by atoms with Gasteiger partial charge in [0, 0.05) is 0 Å². The van der Waals surface area contributed by atoms with E-state index in [4.69, 9.17) is 15.9 Å². The number of aromatic hydroxyl groups is 1. The van der Waals surface area contributed by atoms with E-state index in [1.54, 1.807) is 12.1 Å². The van der Waals surface area contributed by atoms with Crippen molar-refractivity contribution in [1.29, 1.82) is 0 Å². The van der Waals surface area contributed by atoms with Crippen LogP contribution in [0.2, 0.25) is 0 Å². The van der Waals surface area contributed by atoms with E-state index in [2.05, 4.69) is 9.97 Å². The van der Waals surface area contributed by atoms with Crippen LogP contribution in [0.1, 0.15) is 0 Å². The first-order valence-electron chi connectivity index (χ1n) is 5.70. The number of nitrogens with two attached hydrogens (primary N) is 2. The Kier molecular flexibility index (Phi) is 2.53. The van der Waals surface area contributed by atoms with Crippen LogP contribution in [0.5, 0.6) is 5.75 Å². The second kappa shape index (κ2) is 4.23. The number of benzene rings is 1. The first-order valence-corrected chi connectivity index (χ1v) is 5.70. The molecule has 0 atom stereocenters. The highest BCUT2D eigenvalue weighted by atomic mass is 16.3. The van der Waals surface area contributed by atoms with E-state index in [9.17, 15) is 9.90 Å². The average molecular weight is 270 g/mol. The fraction of sp³-hybridized carbons (Fsp3) is 0. The molecule has 0 fully saturated rings. The largest absolute Gasteiger partial charge is 0.508 e. The summed E-state index contributed by atoms with van der Waals surface area (Å²) in [4.78, 5) is 20.0. The summed E-state index contributed by atoms with van der Waals surface area (Å²) in [5.74, 6) is -0.0602. The van der Waals surface area contributed by atoms with Gasteiger partial charge in [-0.05, 0) is 17.7 Å². The first-order chi connectivity index (χ1) is 9.56. The van der Waals surface area contributed by atoms with Gasteiger partial charge in [0.15, 0.2) is 0 Å². The number of hydrogen-bond acceptors (Lipinski definition) is 7. The lowest BCUT2D eigenvalue weighted by Crippen LogP contribution is -2.11. The summed E-state index contributed by atoms with van der Waals surface area (Å²) in [7, 11) is 0. The molecule has 0 aliphatic carbocycles. The highest BCUT2D eigenvalue weighted by Crippen LogP contribution is 2.24. The molecule has 0 unspecified atom stereocenters. The Balaban J connectivity index is 2.35. The van der Waals surface area contributed by atoms with Crippen molar-refractivity contribution in [3.8, 4) is 16.9 Å². The van der Waals surface area contributed by atoms with Crippen LogP contribution < -0.4 is 16.9 Å². The van der Waals surface area contributed by atoms with Crippen LogP contribution in [-0.2, 0) is 0 Å². The van der Waals surface area contributed by atoms with Crippen molar-refractivity contribution in [2.24, 2.45) is 0 Å². The molecule has 3 aromatic rings. The summed E-state index contributed by atoms with van der Waals surface area (Å²) in [6.07, 6.45) is 1.26. The molecule has 0 spiro atoms. The van der Waals surface area contributed by atoms with E-state index in [1.165, 1.54) is 18.4 Å². The van der Waals surface area contributed by atoms with Gasteiger partial charge in [-0.2, -0.15) is 9.97 Å². The summed E-state index contributed by atoms with van der Waals surface area (Å²) < 4.78 is 5.29. The van der Waals surface area contributed by atoms with Crippen LogP contribution in [0, 0.1) is 0 Å². The Morgan fingerprint density at radius 1 is 1.20 bits per heavy atom. The van der Waals surface area contributed by atoms with Crippen molar-refractivity contribution in [3.63, 3.8) is 0 Å². The van der Waals surface area contributed by atoms with Gasteiger partial charge in [-0.3, -0.25) is 4.79 Å². The van der Waals surface area contributed by atoms with Crippen LogP contribution in [-0.4, -0.2) is 15.1 Å². The van der Waals surface area contributed by atoms with Crippen LogP contribution in [0.3, 0.4) is 0 Å². The van der Waals surface area contributed by atoms with E-state index >= 15 is 0 Å². The SMILES string of the molecule is Nc1nc(N)c2c(=O)c(-c3cccc(O)c3)coc2n1. The van der Waals surface area contributed by atoms with Crippen LogP contribution in [0.25, 0.3) is 22.2 Å². The van der Waals surface area contributed by atoms with Gasteiger partial charge in [0.25, 0.3) is 0 Å². The smallest absolute Gasteiger partial charge is 0.236 e. The first kappa shape index (κ1) is 12.0. The van der Waals surface area contributed by atoms with Crippen molar-refractivity contribution in [1.82, 2.24) is 9.97 Å². The molecule has 7 nitrogen and oxygen atoms in total. The average Bonchev–Trinajstić information content (AvgIpc) is 2.38. The monoisotopic (exact) mass is 270 g/mol. The van der Waals surface area contributed by atoms with Gasteiger partial charge in [-0.1, -0.05) is 12.1 Å². The fourth-order valence-electron chi connectivity index (χ4n) is 1.95. The third-order valence-electron chi connectivity index (χ3n) is 2.84. The number of hydrogen-bond donors (Lipinski definition) is 3. The molecule has 0 aliphatic heterocycles. The highest BCUT2D eigenvalue weighted by molar-refractivity contribution is 5.88. The predicted octanol–water partition coefficient (Wildman–Crippen LogP) is 1.12. The summed E-state index contributed by atoms with van der Waals surface area (Å²) in [5, 5.41) is 9.54. The third kappa shape index (κ3) is 1.81. The Morgan fingerprint density at radius 3 is 2.75 bits per heavy atom. The quantitative estimate of drug-likeness (QED) is 0.604. The molecule has 100 valence electrons. The summed E-state index contributed by atoms with van der Waals surface area (Å²) >= 11 is 0. The number of aromatic nitrogens is 2. The van der Waals surface area contributed by atoms with Gasteiger partial charge >= 0.3 is 0 Å². The molecular weight excluding hydrogens is 260 g/mol. The maximum absolute atomic E-state index is 12.4. The van der Waals surface area contributed by atoms with Gasteiger partial charge in [0.05, 0.1) is 5.56 Å². The molecule has 0 saturated heterocycles. The molecule has 0 radical (unpaired) electrons. The molecule has 20 heavy (non-hydrogen) atoms. The highest BCUT2D eigenvalue weighted by Gasteiger charge is 2.14. The molecule has 1 aromatic carbocycles. The van der Waals surface area contributed by atoms with Crippen molar-refractivity contribution in [2.75, 3.05) is 11.5 Å². The van der Waals surface area contributed by atoms with Crippen molar-refractivity contribution in [3.05, 3.63) is 40.8 Å². The van der Waals surface area contributed by atoms with Gasteiger partial charge < -0.3 is 21.0 Å². The second-order valence-electron chi connectivity index (χ2n) is 4.18. The lowest BCUT2D eigenvalue weighted by Gasteiger charge is -2.04. The maximum atomic E-state index is 12.4. The van der Waals surface area contributed by atoms with Gasteiger partial charge in [-0.25, -0.2) is 0 Å².